The van der Waals surface area contributed by atoms with Gasteiger partial charge in [0.1, 0.15) is 0 Å². The second kappa shape index (κ2) is 8.67. The summed E-state index contributed by atoms with van der Waals surface area (Å²) < 4.78 is 0. The van der Waals surface area contributed by atoms with Crippen molar-refractivity contribution in [2.24, 2.45) is 0 Å². The molecule has 0 saturated heterocycles. The monoisotopic (exact) mass is 291 g/mol. The van der Waals surface area contributed by atoms with Crippen LogP contribution in [-0.4, -0.2) is 44.5 Å². The average Bonchev–Trinajstić information content (AvgIpc) is 2.44. The number of nitrogens with one attached hydrogen (secondary N) is 1. The molecule has 0 radical (unpaired) electrons. The first-order valence-electron chi connectivity index (χ1n) is 7.74. The molecule has 1 N–H and O–H groups in total. The topological polar surface area (TPSA) is 35.6 Å². The Labute approximate surface area is 129 Å². The predicted octanol–water partition coefficient (Wildman–Crippen LogP) is 2.41. The number of aryl methyl sites for hydroxylation is 1. The second-order valence-electron chi connectivity index (χ2n) is 5.62. The minimum atomic E-state index is 0.137. The van der Waals surface area contributed by atoms with Crippen LogP contribution in [0.25, 0.3) is 0 Å². The van der Waals surface area contributed by atoms with Gasteiger partial charge < -0.3 is 15.1 Å². The Bertz CT molecular complexity index is 457. The molecule has 0 fully saturated rings. The summed E-state index contributed by atoms with van der Waals surface area (Å²) in [4.78, 5) is 15.9. The zero-order valence-corrected chi connectivity index (χ0v) is 14.1. The maximum Gasteiger partial charge on any atom is 0.241 e. The van der Waals surface area contributed by atoms with Gasteiger partial charge in [-0.3, -0.25) is 4.79 Å². The molecule has 0 aromatic heterocycles. The van der Waals surface area contributed by atoms with Crippen molar-refractivity contribution >= 4 is 11.6 Å². The minimum absolute atomic E-state index is 0.137. The molecule has 4 heteroatoms. The fourth-order valence-corrected chi connectivity index (χ4v) is 2.28. The van der Waals surface area contributed by atoms with Crippen LogP contribution in [0.4, 0.5) is 5.69 Å². The molecule has 0 saturated carbocycles. The largest absolute Gasteiger partial charge is 0.362 e. The molecule has 0 aliphatic heterocycles. The van der Waals surface area contributed by atoms with Crippen LogP contribution in [0.3, 0.4) is 0 Å². The van der Waals surface area contributed by atoms with Crippen LogP contribution >= 0.6 is 0 Å². The van der Waals surface area contributed by atoms with Crippen LogP contribution in [0.2, 0.25) is 0 Å². The third kappa shape index (κ3) is 5.38. The normalized spacial score (nSPS) is 10.5. The highest BCUT2D eigenvalue weighted by Crippen LogP contribution is 2.22. The van der Waals surface area contributed by atoms with Crippen molar-refractivity contribution in [1.82, 2.24) is 10.2 Å². The van der Waals surface area contributed by atoms with Gasteiger partial charge in [-0.05, 0) is 31.5 Å². The molecule has 1 amide bonds. The van der Waals surface area contributed by atoms with Gasteiger partial charge in [0, 0.05) is 32.9 Å². The zero-order valence-electron chi connectivity index (χ0n) is 14.1. The Hall–Kier alpha value is -1.55. The van der Waals surface area contributed by atoms with E-state index in [1.165, 1.54) is 16.8 Å². The molecule has 0 heterocycles. The third-order valence-electron chi connectivity index (χ3n) is 3.46. The van der Waals surface area contributed by atoms with Gasteiger partial charge in [-0.15, -0.1) is 0 Å². The summed E-state index contributed by atoms with van der Waals surface area (Å²) in [6.45, 7) is 9.46. The average molecular weight is 291 g/mol. The van der Waals surface area contributed by atoms with Crippen molar-refractivity contribution in [3.63, 3.8) is 0 Å². The summed E-state index contributed by atoms with van der Waals surface area (Å²) in [5.41, 5.74) is 3.68. The fourth-order valence-electron chi connectivity index (χ4n) is 2.28. The Morgan fingerprint density at radius 1 is 1.24 bits per heavy atom. The van der Waals surface area contributed by atoms with E-state index in [0.717, 1.165) is 26.1 Å². The predicted molar refractivity (Wildman–Crippen MR) is 89.8 cm³/mol. The minimum Gasteiger partial charge on any atom is -0.362 e. The van der Waals surface area contributed by atoms with Gasteiger partial charge in [0.25, 0.3) is 0 Å². The quantitative estimate of drug-likeness (QED) is 0.799. The summed E-state index contributed by atoms with van der Waals surface area (Å²) in [6, 6.07) is 6.47. The lowest BCUT2D eigenvalue weighted by Gasteiger charge is -2.28. The van der Waals surface area contributed by atoms with Crippen LogP contribution in [-0.2, 0) is 11.3 Å². The number of benzene rings is 1. The molecule has 1 rings (SSSR count). The molecule has 1 aromatic carbocycles. The maximum atomic E-state index is 12.1. The number of hydrogen-bond donors (Lipinski definition) is 1. The molecule has 0 spiro atoms. The van der Waals surface area contributed by atoms with E-state index in [2.05, 4.69) is 49.2 Å². The highest BCUT2D eigenvalue weighted by atomic mass is 16.2. The van der Waals surface area contributed by atoms with Gasteiger partial charge in [0.15, 0.2) is 0 Å². The lowest BCUT2D eigenvalue weighted by Crippen LogP contribution is -2.37. The van der Waals surface area contributed by atoms with Crippen LogP contribution in [0.5, 0.6) is 0 Å². The van der Waals surface area contributed by atoms with Gasteiger partial charge in [-0.2, -0.15) is 0 Å². The standard InChI is InChI=1S/C17H29N3O/c1-6-10-20(13-17(21)19(4)5)16-9-8-14(3)11-15(16)12-18-7-2/h8-9,11,18H,6-7,10,12-13H2,1-5H3. The highest BCUT2D eigenvalue weighted by Gasteiger charge is 2.15. The van der Waals surface area contributed by atoms with Crippen molar-refractivity contribution < 1.29 is 4.79 Å². The summed E-state index contributed by atoms with van der Waals surface area (Å²) in [6.07, 6.45) is 1.02. The molecule has 0 bridgehead atoms. The Balaban J connectivity index is 3.02. The molecule has 0 atom stereocenters. The molecule has 4 nitrogen and oxygen atoms in total. The van der Waals surface area contributed by atoms with Gasteiger partial charge >= 0.3 is 0 Å². The Kier molecular flexibility index (Phi) is 7.23. The summed E-state index contributed by atoms with van der Waals surface area (Å²) in [5, 5.41) is 3.38. The van der Waals surface area contributed by atoms with E-state index >= 15 is 0 Å². The summed E-state index contributed by atoms with van der Waals surface area (Å²) in [5.74, 6) is 0.137. The second-order valence-corrected chi connectivity index (χ2v) is 5.62. The maximum absolute atomic E-state index is 12.1. The first-order chi connectivity index (χ1) is 9.99. The molecule has 118 valence electrons. The van der Waals surface area contributed by atoms with Gasteiger partial charge in [0.2, 0.25) is 5.91 Å². The smallest absolute Gasteiger partial charge is 0.241 e. The number of hydrogen-bond acceptors (Lipinski definition) is 3. The number of nitrogens with zero attached hydrogens (tertiary/aromatic N) is 2. The van der Waals surface area contributed by atoms with Crippen LogP contribution < -0.4 is 10.2 Å². The van der Waals surface area contributed by atoms with E-state index in [0.29, 0.717) is 6.54 Å². The van der Waals surface area contributed by atoms with E-state index in [-0.39, 0.29) is 5.91 Å². The molecule has 21 heavy (non-hydrogen) atoms. The molecule has 0 unspecified atom stereocenters. The lowest BCUT2D eigenvalue weighted by atomic mass is 10.1. The van der Waals surface area contributed by atoms with Crippen LogP contribution in [0.15, 0.2) is 18.2 Å². The molecular weight excluding hydrogens is 262 g/mol. The Morgan fingerprint density at radius 3 is 2.52 bits per heavy atom. The van der Waals surface area contributed by atoms with Gasteiger partial charge in [-0.1, -0.05) is 31.5 Å². The number of rotatable bonds is 8. The number of likely N-dealkylation sites (N-methyl/N-ethyl adjacent to an activating group) is 1. The SMILES string of the molecule is CCCN(CC(=O)N(C)C)c1ccc(C)cc1CNCC. The first-order valence-corrected chi connectivity index (χ1v) is 7.74. The van der Waals surface area contributed by atoms with Crippen molar-refractivity contribution in [2.75, 3.05) is 38.6 Å². The number of carbonyl (C=O) groups excluding carboxylic acids is 1. The van der Waals surface area contributed by atoms with E-state index < -0.39 is 0 Å². The summed E-state index contributed by atoms with van der Waals surface area (Å²) >= 11 is 0. The molecule has 0 aliphatic carbocycles. The van der Waals surface area contributed by atoms with Gasteiger partial charge in [-0.25, -0.2) is 0 Å². The van der Waals surface area contributed by atoms with Gasteiger partial charge in [0.05, 0.1) is 6.54 Å². The molecule has 0 aliphatic rings. The molecular formula is C17H29N3O. The van der Waals surface area contributed by atoms with Crippen molar-refractivity contribution in [1.29, 1.82) is 0 Å². The fraction of sp³-hybridized carbons (Fsp3) is 0.588. The Morgan fingerprint density at radius 2 is 1.95 bits per heavy atom. The van der Waals surface area contributed by atoms with E-state index in [1.807, 2.05) is 0 Å². The summed E-state index contributed by atoms with van der Waals surface area (Å²) in [7, 11) is 3.61. The number of carbonyl (C=O) groups is 1. The van der Waals surface area contributed by atoms with E-state index in [4.69, 9.17) is 0 Å². The highest BCUT2D eigenvalue weighted by molar-refractivity contribution is 5.81. The van der Waals surface area contributed by atoms with Crippen molar-refractivity contribution in [3.05, 3.63) is 29.3 Å². The third-order valence-corrected chi connectivity index (χ3v) is 3.46. The number of amides is 1. The lowest BCUT2D eigenvalue weighted by molar-refractivity contribution is -0.127. The molecule has 1 aromatic rings. The van der Waals surface area contributed by atoms with Crippen molar-refractivity contribution in [3.8, 4) is 0 Å². The van der Waals surface area contributed by atoms with E-state index in [1.54, 1.807) is 19.0 Å². The van der Waals surface area contributed by atoms with Crippen molar-refractivity contribution in [2.45, 2.75) is 33.7 Å². The van der Waals surface area contributed by atoms with Crippen LogP contribution in [0.1, 0.15) is 31.4 Å². The number of anilines is 1. The van der Waals surface area contributed by atoms with Crippen LogP contribution in [0, 0.1) is 6.92 Å². The van der Waals surface area contributed by atoms with E-state index in [9.17, 15) is 4.79 Å². The first kappa shape index (κ1) is 17.5. The zero-order chi connectivity index (χ0) is 15.8.